The average molecular weight is 292 g/mol. The van der Waals surface area contributed by atoms with Crippen molar-refractivity contribution in [3.05, 3.63) is 57.9 Å². The Kier molecular flexibility index (Phi) is 4.25. The molecule has 0 unspecified atom stereocenters. The molecule has 0 atom stereocenters. The number of carbonyl (C=O) groups excluding carboxylic acids is 1. The molecule has 0 amide bonds. The van der Waals surface area contributed by atoms with Crippen LogP contribution in [0.25, 0.3) is 10.9 Å². The van der Waals surface area contributed by atoms with E-state index in [9.17, 15) is 9.59 Å². The first kappa shape index (κ1) is 14.3. The van der Waals surface area contributed by atoms with Gasteiger partial charge in [-0.05, 0) is 25.1 Å². The van der Waals surface area contributed by atoms with Gasteiger partial charge in [0.2, 0.25) is 5.43 Å². The summed E-state index contributed by atoms with van der Waals surface area (Å²) in [6.45, 7) is 6.06. The molecule has 1 aromatic heterocycles. The van der Waals surface area contributed by atoms with Gasteiger partial charge in [-0.25, -0.2) is 4.79 Å². The van der Waals surface area contributed by atoms with Crippen LogP contribution >= 0.6 is 11.6 Å². The molecule has 0 saturated carbocycles. The van der Waals surface area contributed by atoms with Crippen LogP contribution in [-0.4, -0.2) is 17.1 Å². The van der Waals surface area contributed by atoms with Crippen molar-refractivity contribution in [1.29, 1.82) is 0 Å². The second-order valence-corrected chi connectivity index (χ2v) is 4.63. The van der Waals surface area contributed by atoms with E-state index in [-0.39, 0.29) is 17.6 Å². The number of benzene rings is 1. The minimum absolute atomic E-state index is 0.00321. The Morgan fingerprint density at radius 2 is 2.25 bits per heavy atom. The van der Waals surface area contributed by atoms with Crippen LogP contribution in [0.5, 0.6) is 0 Å². The highest BCUT2D eigenvalue weighted by Crippen LogP contribution is 2.18. The number of halogens is 1. The number of hydrogen-bond acceptors (Lipinski definition) is 3. The topological polar surface area (TPSA) is 48.3 Å². The van der Waals surface area contributed by atoms with Crippen molar-refractivity contribution in [3.8, 4) is 0 Å². The molecule has 0 aliphatic carbocycles. The average Bonchev–Trinajstić information content (AvgIpc) is 2.42. The van der Waals surface area contributed by atoms with Crippen molar-refractivity contribution in [2.24, 2.45) is 0 Å². The summed E-state index contributed by atoms with van der Waals surface area (Å²) in [5.41, 5.74) is 0.331. The van der Waals surface area contributed by atoms with Crippen molar-refractivity contribution in [2.45, 2.75) is 13.5 Å². The van der Waals surface area contributed by atoms with Crippen molar-refractivity contribution < 1.29 is 9.53 Å². The summed E-state index contributed by atoms with van der Waals surface area (Å²) in [6.07, 6.45) is 3.19. The number of fused-ring (bicyclic) bond motifs is 1. The molecule has 2 rings (SSSR count). The molecular formula is C15H14ClNO3. The smallest absolute Gasteiger partial charge is 0.343 e. The predicted octanol–water partition coefficient (Wildman–Crippen LogP) is 3.02. The van der Waals surface area contributed by atoms with Crippen molar-refractivity contribution in [3.63, 3.8) is 0 Å². The Morgan fingerprint density at radius 3 is 2.90 bits per heavy atom. The van der Waals surface area contributed by atoms with Gasteiger partial charge in [0.1, 0.15) is 5.56 Å². The summed E-state index contributed by atoms with van der Waals surface area (Å²) < 4.78 is 6.68. The van der Waals surface area contributed by atoms with Crippen LogP contribution in [-0.2, 0) is 11.3 Å². The largest absolute Gasteiger partial charge is 0.462 e. The van der Waals surface area contributed by atoms with Gasteiger partial charge in [-0.3, -0.25) is 4.79 Å². The molecule has 0 aliphatic rings. The number of nitrogens with zero attached hydrogens (tertiary/aromatic N) is 1. The molecule has 2 aromatic rings. The first-order chi connectivity index (χ1) is 9.58. The molecule has 0 N–H and O–H groups in total. The fourth-order valence-electron chi connectivity index (χ4n) is 2.01. The molecule has 4 nitrogen and oxygen atoms in total. The summed E-state index contributed by atoms with van der Waals surface area (Å²) in [7, 11) is 0. The van der Waals surface area contributed by atoms with Crippen LogP contribution in [0.3, 0.4) is 0 Å². The lowest BCUT2D eigenvalue weighted by molar-refractivity contribution is 0.0524. The molecule has 0 radical (unpaired) electrons. The second kappa shape index (κ2) is 5.92. The van der Waals surface area contributed by atoms with E-state index in [1.807, 2.05) is 0 Å². The summed E-state index contributed by atoms with van der Waals surface area (Å²) in [6, 6.07) is 5.01. The lowest BCUT2D eigenvalue weighted by Gasteiger charge is -2.11. The minimum Gasteiger partial charge on any atom is -0.462 e. The molecule has 1 aromatic carbocycles. The number of esters is 1. The number of hydrogen-bond donors (Lipinski definition) is 0. The SMILES string of the molecule is C=CCn1cc(C(=O)OCC)c(=O)c2cc(Cl)ccc21. The zero-order valence-corrected chi connectivity index (χ0v) is 11.8. The summed E-state index contributed by atoms with van der Waals surface area (Å²) in [5.74, 6) is -0.628. The lowest BCUT2D eigenvalue weighted by Crippen LogP contribution is -2.20. The van der Waals surface area contributed by atoms with Crippen LogP contribution in [0.2, 0.25) is 5.02 Å². The zero-order valence-electron chi connectivity index (χ0n) is 11.1. The molecular weight excluding hydrogens is 278 g/mol. The third-order valence-corrected chi connectivity index (χ3v) is 3.10. The fourth-order valence-corrected chi connectivity index (χ4v) is 2.19. The Labute approximate surface area is 121 Å². The standard InChI is InChI=1S/C15H14ClNO3/c1-3-7-17-9-12(15(19)20-4-2)14(18)11-8-10(16)5-6-13(11)17/h3,5-6,8-9H,1,4,7H2,2H3. The molecule has 20 heavy (non-hydrogen) atoms. The van der Waals surface area contributed by atoms with Gasteiger partial charge in [0.15, 0.2) is 0 Å². The van der Waals surface area contributed by atoms with Gasteiger partial charge in [-0.2, -0.15) is 0 Å². The highest BCUT2D eigenvalue weighted by molar-refractivity contribution is 6.31. The van der Waals surface area contributed by atoms with Gasteiger partial charge in [0.25, 0.3) is 0 Å². The van der Waals surface area contributed by atoms with E-state index in [4.69, 9.17) is 16.3 Å². The minimum atomic E-state index is -0.628. The van der Waals surface area contributed by atoms with Crippen molar-refractivity contribution in [1.82, 2.24) is 4.57 Å². The second-order valence-electron chi connectivity index (χ2n) is 4.19. The first-order valence-corrected chi connectivity index (χ1v) is 6.57. The maximum Gasteiger partial charge on any atom is 0.343 e. The van der Waals surface area contributed by atoms with E-state index in [1.54, 1.807) is 35.8 Å². The zero-order chi connectivity index (χ0) is 14.7. The van der Waals surface area contributed by atoms with Gasteiger partial charge in [-0.1, -0.05) is 17.7 Å². The molecule has 5 heteroatoms. The van der Waals surface area contributed by atoms with Crippen LogP contribution < -0.4 is 5.43 Å². The Balaban J connectivity index is 2.77. The molecule has 0 bridgehead atoms. The molecule has 0 fully saturated rings. The van der Waals surface area contributed by atoms with E-state index >= 15 is 0 Å². The first-order valence-electron chi connectivity index (χ1n) is 6.19. The molecule has 0 spiro atoms. The molecule has 104 valence electrons. The maximum absolute atomic E-state index is 12.4. The van der Waals surface area contributed by atoms with Crippen LogP contribution in [0, 0.1) is 0 Å². The number of rotatable bonds is 4. The number of aromatic nitrogens is 1. The normalized spacial score (nSPS) is 10.5. The van der Waals surface area contributed by atoms with E-state index < -0.39 is 5.97 Å². The van der Waals surface area contributed by atoms with Gasteiger partial charge >= 0.3 is 5.97 Å². The summed E-state index contributed by atoms with van der Waals surface area (Å²) in [4.78, 5) is 24.2. The van der Waals surface area contributed by atoms with E-state index in [1.165, 1.54) is 6.20 Å². The highest BCUT2D eigenvalue weighted by Gasteiger charge is 2.16. The summed E-state index contributed by atoms with van der Waals surface area (Å²) >= 11 is 5.93. The quantitative estimate of drug-likeness (QED) is 0.642. The predicted molar refractivity (Wildman–Crippen MR) is 79.4 cm³/mol. The maximum atomic E-state index is 12.4. The molecule has 1 heterocycles. The van der Waals surface area contributed by atoms with E-state index in [0.717, 1.165) is 0 Å². The number of allylic oxidation sites excluding steroid dienone is 1. The summed E-state index contributed by atoms with van der Waals surface area (Å²) in [5, 5.41) is 0.839. The fraction of sp³-hybridized carbons (Fsp3) is 0.200. The highest BCUT2D eigenvalue weighted by atomic mass is 35.5. The lowest BCUT2D eigenvalue weighted by atomic mass is 10.1. The van der Waals surface area contributed by atoms with Crippen LogP contribution in [0.4, 0.5) is 0 Å². The van der Waals surface area contributed by atoms with Crippen LogP contribution in [0.1, 0.15) is 17.3 Å². The van der Waals surface area contributed by atoms with Gasteiger partial charge in [0, 0.05) is 23.2 Å². The Bertz CT molecular complexity index is 734. The third-order valence-electron chi connectivity index (χ3n) is 2.86. The van der Waals surface area contributed by atoms with E-state index in [2.05, 4.69) is 6.58 Å². The van der Waals surface area contributed by atoms with Gasteiger partial charge in [-0.15, -0.1) is 6.58 Å². The van der Waals surface area contributed by atoms with Crippen molar-refractivity contribution >= 4 is 28.5 Å². The molecule has 0 saturated heterocycles. The third kappa shape index (κ3) is 2.60. The monoisotopic (exact) mass is 291 g/mol. The van der Waals surface area contributed by atoms with Gasteiger partial charge in [0.05, 0.1) is 12.1 Å². The Hall–Kier alpha value is -2.07. The molecule has 0 aliphatic heterocycles. The Morgan fingerprint density at radius 1 is 1.50 bits per heavy atom. The number of pyridine rings is 1. The van der Waals surface area contributed by atoms with E-state index in [0.29, 0.717) is 22.5 Å². The van der Waals surface area contributed by atoms with Crippen LogP contribution in [0.15, 0.2) is 41.8 Å². The number of ether oxygens (including phenoxy) is 1. The van der Waals surface area contributed by atoms with Crippen molar-refractivity contribution in [2.75, 3.05) is 6.61 Å². The van der Waals surface area contributed by atoms with Gasteiger partial charge < -0.3 is 9.30 Å². The number of carbonyl (C=O) groups is 1.